The SMILES string of the molecule is Fc1ccc(-n2cc(-c3ccnc(NCc4ccsc4)n3)cn2)cc1. The van der Waals surface area contributed by atoms with E-state index in [9.17, 15) is 4.39 Å². The van der Waals surface area contributed by atoms with E-state index in [0.717, 1.165) is 16.9 Å². The minimum absolute atomic E-state index is 0.270. The third-order valence-corrected chi connectivity index (χ3v) is 4.39. The molecule has 1 N–H and O–H groups in total. The molecule has 0 spiro atoms. The highest BCUT2D eigenvalue weighted by Gasteiger charge is 2.07. The second-order valence-corrected chi connectivity index (χ2v) is 6.18. The van der Waals surface area contributed by atoms with E-state index >= 15 is 0 Å². The maximum atomic E-state index is 13.0. The van der Waals surface area contributed by atoms with E-state index in [2.05, 4.69) is 31.8 Å². The molecule has 7 heteroatoms. The maximum absolute atomic E-state index is 13.0. The summed E-state index contributed by atoms with van der Waals surface area (Å²) >= 11 is 1.66. The van der Waals surface area contributed by atoms with Crippen LogP contribution in [0, 0.1) is 5.82 Å². The van der Waals surface area contributed by atoms with Gasteiger partial charge in [-0.05, 0) is 52.7 Å². The van der Waals surface area contributed by atoms with Crippen LogP contribution in [0.5, 0.6) is 0 Å². The summed E-state index contributed by atoms with van der Waals surface area (Å²) in [6, 6.07) is 10.1. The van der Waals surface area contributed by atoms with Crippen molar-refractivity contribution in [3.63, 3.8) is 0 Å². The molecule has 0 bridgehead atoms. The lowest BCUT2D eigenvalue weighted by Crippen LogP contribution is -2.02. The standard InChI is InChI=1S/C18H14FN5S/c19-15-1-3-16(4-2-15)24-11-14(10-22-24)17-5-7-20-18(23-17)21-9-13-6-8-25-12-13/h1-8,10-12H,9H2,(H,20,21,23). The van der Waals surface area contributed by atoms with Gasteiger partial charge in [-0.3, -0.25) is 0 Å². The van der Waals surface area contributed by atoms with Gasteiger partial charge in [0.15, 0.2) is 0 Å². The Kier molecular flexibility index (Phi) is 4.22. The van der Waals surface area contributed by atoms with Crippen LogP contribution in [0.1, 0.15) is 5.56 Å². The van der Waals surface area contributed by atoms with Crippen molar-refractivity contribution in [1.82, 2.24) is 19.7 Å². The second kappa shape index (κ2) is 6.82. The van der Waals surface area contributed by atoms with E-state index in [0.29, 0.717) is 12.5 Å². The monoisotopic (exact) mass is 351 g/mol. The van der Waals surface area contributed by atoms with Gasteiger partial charge in [-0.15, -0.1) is 0 Å². The smallest absolute Gasteiger partial charge is 0.223 e. The Balaban J connectivity index is 1.53. The summed E-state index contributed by atoms with van der Waals surface area (Å²) in [6.45, 7) is 0.682. The van der Waals surface area contributed by atoms with Crippen LogP contribution >= 0.6 is 11.3 Å². The van der Waals surface area contributed by atoms with Crippen LogP contribution in [0.2, 0.25) is 0 Å². The Morgan fingerprint density at radius 3 is 2.80 bits per heavy atom. The van der Waals surface area contributed by atoms with E-state index in [1.165, 1.54) is 17.7 Å². The molecule has 0 aliphatic heterocycles. The Labute approximate surface area is 147 Å². The van der Waals surface area contributed by atoms with Crippen LogP contribution < -0.4 is 5.32 Å². The predicted octanol–water partition coefficient (Wildman–Crippen LogP) is 4.14. The average Bonchev–Trinajstić information content (AvgIpc) is 3.33. The first-order chi connectivity index (χ1) is 12.3. The van der Waals surface area contributed by atoms with Crippen molar-refractivity contribution in [2.24, 2.45) is 0 Å². The Morgan fingerprint density at radius 1 is 1.12 bits per heavy atom. The lowest BCUT2D eigenvalue weighted by Gasteiger charge is -2.04. The molecule has 0 fully saturated rings. The summed E-state index contributed by atoms with van der Waals surface area (Å²) in [7, 11) is 0. The lowest BCUT2D eigenvalue weighted by atomic mass is 10.2. The number of thiophene rings is 1. The minimum atomic E-state index is -0.270. The highest BCUT2D eigenvalue weighted by atomic mass is 32.1. The van der Waals surface area contributed by atoms with Gasteiger partial charge >= 0.3 is 0 Å². The van der Waals surface area contributed by atoms with Crippen molar-refractivity contribution in [3.05, 3.63) is 77.1 Å². The number of hydrogen-bond donors (Lipinski definition) is 1. The van der Waals surface area contributed by atoms with Gasteiger partial charge < -0.3 is 5.32 Å². The fourth-order valence-electron chi connectivity index (χ4n) is 2.37. The molecule has 0 atom stereocenters. The number of hydrogen-bond acceptors (Lipinski definition) is 5. The van der Waals surface area contributed by atoms with Crippen molar-refractivity contribution in [1.29, 1.82) is 0 Å². The molecule has 5 nitrogen and oxygen atoms in total. The Hall–Kier alpha value is -3.06. The summed E-state index contributed by atoms with van der Waals surface area (Å²) in [6.07, 6.45) is 5.31. The van der Waals surface area contributed by atoms with Crippen molar-refractivity contribution in [3.8, 4) is 16.9 Å². The van der Waals surface area contributed by atoms with Gasteiger partial charge in [-0.2, -0.15) is 16.4 Å². The highest BCUT2D eigenvalue weighted by molar-refractivity contribution is 7.07. The van der Waals surface area contributed by atoms with Crippen molar-refractivity contribution in [2.75, 3.05) is 5.32 Å². The molecular weight excluding hydrogens is 337 g/mol. The van der Waals surface area contributed by atoms with Crippen molar-refractivity contribution in [2.45, 2.75) is 6.54 Å². The molecular formula is C18H14FN5S. The Morgan fingerprint density at radius 2 is 2.00 bits per heavy atom. The van der Waals surface area contributed by atoms with Gasteiger partial charge in [0.1, 0.15) is 5.82 Å². The van der Waals surface area contributed by atoms with E-state index in [1.54, 1.807) is 40.5 Å². The fraction of sp³-hybridized carbons (Fsp3) is 0.0556. The quantitative estimate of drug-likeness (QED) is 0.587. The predicted molar refractivity (Wildman–Crippen MR) is 96.2 cm³/mol. The van der Waals surface area contributed by atoms with E-state index < -0.39 is 0 Å². The molecule has 124 valence electrons. The van der Waals surface area contributed by atoms with Crippen LogP contribution in [-0.2, 0) is 6.54 Å². The topological polar surface area (TPSA) is 55.6 Å². The normalized spacial score (nSPS) is 10.8. The van der Waals surface area contributed by atoms with Crippen LogP contribution in [0.25, 0.3) is 16.9 Å². The van der Waals surface area contributed by atoms with E-state index in [1.807, 2.05) is 17.6 Å². The second-order valence-electron chi connectivity index (χ2n) is 5.40. The van der Waals surface area contributed by atoms with Crippen molar-refractivity contribution < 1.29 is 4.39 Å². The molecule has 0 saturated heterocycles. The van der Waals surface area contributed by atoms with Crippen LogP contribution in [0.15, 0.2) is 65.7 Å². The third-order valence-electron chi connectivity index (χ3n) is 3.66. The first-order valence-corrected chi connectivity index (χ1v) is 8.61. The van der Waals surface area contributed by atoms with Gasteiger partial charge in [-0.25, -0.2) is 19.0 Å². The maximum Gasteiger partial charge on any atom is 0.223 e. The lowest BCUT2D eigenvalue weighted by molar-refractivity contribution is 0.627. The average molecular weight is 351 g/mol. The first kappa shape index (κ1) is 15.5. The largest absolute Gasteiger partial charge is 0.350 e. The zero-order chi connectivity index (χ0) is 17.1. The molecule has 3 aromatic heterocycles. The molecule has 25 heavy (non-hydrogen) atoms. The number of aromatic nitrogens is 4. The summed E-state index contributed by atoms with van der Waals surface area (Å²) in [5.74, 6) is 0.298. The number of anilines is 1. The fourth-order valence-corrected chi connectivity index (χ4v) is 3.04. The van der Waals surface area contributed by atoms with Crippen LogP contribution in [-0.4, -0.2) is 19.7 Å². The molecule has 0 aliphatic carbocycles. The molecule has 0 amide bonds. The van der Waals surface area contributed by atoms with Crippen molar-refractivity contribution >= 4 is 17.3 Å². The molecule has 0 radical (unpaired) electrons. The molecule has 0 aliphatic rings. The minimum Gasteiger partial charge on any atom is -0.350 e. The van der Waals surface area contributed by atoms with Crippen LogP contribution in [0.4, 0.5) is 10.3 Å². The van der Waals surface area contributed by atoms with E-state index in [4.69, 9.17) is 0 Å². The number of benzene rings is 1. The summed E-state index contributed by atoms with van der Waals surface area (Å²) in [4.78, 5) is 8.78. The Bertz CT molecular complexity index is 963. The first-order valence-electron chi connectivity index (χ1n) is 7.67. The van der Waals surface area contributed by atoms with Gasteiger partial charge in [0.05, 0.1) is 17.6 Å². The van der Waals surface area contributed by atoms with Gasteiger partial charge in [0, 0.05) is 24.5 Å². The summed E-state index contributed by atoms with van der Waals surface area (Å²) in [5.41, 5.74) is 3.63. The number of nitrogens with zero attached hydrogens (tertiary/aromatic N) is 4. The molecule has 0 unspecified atom stereocenters. The third kappa shape index (κ3) is 3.56. The summed E-state index contributed by atoms with van der Waals surface area (Å²) < 4.78 is 14.7. The summed E-state index contributed by atoms with van der Waals surface area (Å²) in [5, 5.41) is 11.7. The molecule has 1 aromatic carbocycles. The molecule has 3 heterocycles. The number of nitrogens with one attached hydrogen (secondary N) is 1. The number of halogens is 1. The number of rotatable bonds is 5. The zero-order valence-electron chi connectivity index (χ0n) is 13.1. The van der Waals surface area contributed by atoms with Crippen LogP contribution in [0.3, 0.4) is 0 Å². The molecule has 0 saturated carbocycles. The zero-order valence-corrected chi connectivity index (χ0v) is 13.9. The molecule has 4 aromatic rings. The van der Waals surface area contributed by atoms with Gasteiger partial charge in [0.25, 0.3) is 0 Å². The highest BCUT2D eigenvalue weighted by Crippen LogP contribution is 2.19. The molecule has 4 rings (SSSR count). The van der Waals surface area contributed by atoms with E-state index in [-0.39, 0.29) is 5.82 Å². The van der Waals surface area contributed by atoms with Gasteiger partial charge in [-0.1, -0.05) is 0 Å². The van der Waals surface area contributed by atoms with Gasteiger partial charge in [0.2, 0.25) is 5.95 Å².